The lowest BCUT2D eigenvalue weighted by molar-refractivity contribution is -0.237. The summed E-state index contributed by atoms with van der Waals surface area (Å²) in [6.07, 6.45) is 7.28. The molecule has 0 aromatic heterocycles. The third-order valence-electron chi connectivity index (χ3n) is 11.5. The predicted molar refractivity (Wildman–Crippen MR) is 99.3 cm³/mol. The standard InChI is InChI=1S/C23H36O3/c1-20-7-5-12(24)11-23(20,25)17-9-13(17)18-15(20)6-8-21(2)19(18)14-10-16(14)22(21,3)26-4/h12-19,24-25H,5-11H2,1-4H3. The van der Waals surface area contributed by atoms with Gasteiger partial charge in [0.2, 0.25) is 0 Å². The molecule has 26 heavy (non-hydrogen) atoms. The van der Waals surface area contributed by atoms with Crippen LogP contribution in [0.25, 0.3) is 0 Å². The number of aliphatic hydroxyl groups is 2. The highest BCUT2D eigenvalue weighted by Gasteiger charge is 2.80. The van der Waals surface area contributed by atoms with E-state index in [1.165, 1.54) is 25.7 Å². The first-order chi connectivity index (χ1) is 12.2. The molecule has 0 aliphatic heterocycles. The molecule has 2 N–H and O–H groups in total. The van der Waals surface area contributed by atoms with Gasteiger partial charge in [-0.1, -0.05) is 13.8 Å². The summed E-state index contributed by atoms with van der Waals surface area (Å²) in [6, 6.07) is 0. The summed E-state index contributed by atoms with van der Waals surface area (Å²) < 4.78 is 6.24. The molecular weight excluding hydrogens is 324 g/mol. The van der Waals surface area contributed by atoms with Crippen LogP contribution >= 0.6 is 0 Å². The molecule has 6 aliphatic rings. The zero-order valence-corrected chi connectivity index (χ0v) is 16.9. The normalized spacial score (nSPS) is 70.4. The van der Waals surface area contributed by atoms with Crippen molar-refractivity contribution in [2.24, 2.45) is 52.3 Å². The Bertz CT molecular complexity index is 664. The second-order valence-corrected chi connectivity index (χ2v) is 11.7. The molecule has 0 heterocycles. The molecule has 146 valence electrons. The SMILES string of the molecule is COC1(C)C2CC2C2C3C4CC4C4(O)CC(O)CCC4(C)C3CCC21C. The summed E-state index contributed by atoms with van der Waals surface area (Å²) in [6.45, 7) is 7.33. The van der Waals surface area contributed by atoms with Crippen LogP contribution in [-0.4, -0.2) is 34.6 Å². The van der Waals surface area contributed by atoms with Gasteiger partial charge in [-0.2, -0.15) is 0 Å². The average Bonchev–Trinajstić information content (AvgIpc) is 3.49. The summed E-state index contributed by atoms with van der Waals surface area (Å²) in [7, 11) is 1.94. The van der Waals surface area contributed by atoms with E-state index in [9.17, 15) is 10.2 Å². The maximum atomic E-state index is 11.8. The Morgan fingerprint density at radius 3 is 2.31 bits per heavy atom. The van der Waals surface area contributed by atoms with Crippen molar-refractivity contribution in [3.8, 4) is 0 Å². The van der Waals surface area contributed by atoms with Crippen LogP contribution in [0.3, 0.4) is 0 Å². The lowest BCUT2D eigenvalue weighted by atomic mass is 9.42. The van der Waals surface area contributed by atoms with E-state index in [1.54, 1.807) is 0 Å². The van der Waals surface area contributed by atoms with Crippen molar-refractivity contribution in [2.45, 2.75) is 83.0 Å². The van der Waals surface area contributed by atoms with Crippen LogP contribution < -0.4 is 0 Å². The fourth-order valence-electron chi connectivity index (χ4n) is 9.84. The van der Waals surface area contributed by atoms with E-state index in [1.807, 2.05) is 7.11 Å². The second kappa shape index (κ2) is 4.54. The van der Waals surface area contributed by atoms with Crippen LogP contribution in [0, 0.1) is 52.3 Å². The Labute approximate surface area is 157 Å². The van der Waals surface area contributed by atoms with Gasteiger partial charge >= 0.3 is 0 Å². The molecule has 6 aliphatic carbocycles. The molecule has 0 amide bonds. The molecule has 0 radical (unpaired) electrons. The number of aliphatic hydroxyl groups excluding tert-OH is 1. The minimum atomic E-state index is -0.615. The van der Waals surface area contributed by atoms with Crippen LogP contribution in [0.2, 0.25) is 0 Å². The summed E-state index contributed by atoms with van der Waals surface area (Å²) in [5, 5.41) is 22.1. The Morgan fingerprint density at radius 1 is 0.885 bits per heavy atom. The van der Waals surface area contributed by atoms with Gasteiger partial charge in [-0.05, 0) is 97.7 Å². The third kappa shape index (κ3) is 1.55. The maximum Gasteiger partial charge on any atom is 0.0759 e. The Morgan fingerprint density at radius 2 is 1.58 bits per heavy atom. The molecule has 12 unspecified atom stereocenters. The van der Waals surface area contributed by atoms with E-state index in [4.69, 9.17) is 4.74 Å². The molecule has 6 rings (SSSR count). The molecule has 0 aromatic rings. The highest BCUT2D eigenvalue weighted by molar-refractivity contribution is 5.29. The van der Waals surface area contributed by atoms with Crippen LogP contribution in [-0.2, 0) is 4.74 Å². The van der Waals surface area contributed by atoms with Gasteiger partial charge in [-0.15, -0.1) is 0 Å². The van der Waals surface area contributed by atoms with Gasteiger partial charge in [0, 0.05) is 13.5 Å². The van der Waals surface area contributed by atoms with Gasteiger partial charge in [-0.3, -0.25) is 0 Å². The summed E-state index contributed by atoms with van der Waals surface area (Å²) >= 11 is 0. The minimum Gasteiger partial charge on any atom is -0.393 e. The van der Waals surface area contributed by atoms with Crippen molar-refractivity contribution in [1.82, 2.24) is 0 Å². The smallest absolute Gasteiger partial charge is 0.0759 e. The Hall–Kier alpha value is -0.120. The first kappa shape index (κ1) is 16.8. The monoisotopic (exact) mass is 360 g/mol. The van der Waals surface area contributed by atoms with Crippen molar-refractivity contribution < 1.29 is 14.9 Å². The lowest BCUT2D eigenvalue weighted by Crippen LogP contribution is -2.65. The van der Waals surface area contributed by atoms with E-state index in [0.29, 0.717) is 29.6 Å². The van der Waals surface area contributed by atoms with Gasteiger partial charge in [0.25, 0.3) is 0 Å². The largest absolute Gasteiger partial charge is 0.393 e. The highest BCUT2D eigenvalue weighted by Crippen LogP contribution is 2.81. The minimum absolute atomic E-state index is 0.00629. The highest BCUT2D eigenvalue weighted by atomic mass is 16.5. The van der Waals surface area contributed by atoms with E-state index in [0.717, 1.165) is 36.5 Å². The van der Waals surface area contributed by atoms with E-state index >= 15 is 0 Å². The molecule has 6 fully saturated rings. The fourth-order valence-corrected chi connectivity index (χ4v) is 9.84. The number of methoxy groups -OCH3 is 1. The quantitative estimate of drug-likeness (QED) is 0.751. The average molecular weight is 361 g/mol. The Kier molecular flexibility index (Phi) is 2.94. The van der Waals surface area contributed by atoms with E-state index in [2.05, 4.69) is 20.8 Å². The van der Waals surface area contributed by atoms with Gasteiger partial charge < -0.3 is 14.9 Å². The second-order valence-electron chi connectivity index (χ2n) is 11.7. The summed E-state index contributed by atoms with van der Waals surface area (Å²) in [4.78, 5) is 0. The fraction of sp³-hybridized carbons (Fsp3) is 1.00. The number of rotatable bonds is 1. The first-order valence-electron chi connectivity index (χ1n) is 11.2. The van der Waals surface area contributed by atoms with Crippen LogP contribution in [0.1, 0.15) is 65.7 Å². The number of hydrogen-bond donors (Lipinski definition) is 2. The third-order valence-corrected chi connectivity index (χ3v) is 11.5. The van der Waals surface area contributed by atoms with Gasteiger partial charge in [0.05, 0.1) is 17.3 Å². The van der Waals surface area contributed by atoms with Crippen LogP contribution in [0.4, 0.5) is 0 Å². The number of hydrogen-bond acceptors (Lipinski definition) is 3. The van der Waals surface area contributed by atoms with Crippen molar-refractivity contribution >= 4 is 0 Å². The number of ether oxygens (including phenoxy) is 1. The van der Waals surface area contributed by atoms with E-state index in [-0.39, 0.29) is 17.1 Å². The molecule has 0 bridgehead atoms. The van der Waals surface area contributed by atoms with Crippen molar-refractivity contribution in [2.75, 3.05) is 7.11 Å². The van der Waals surface area contributed by atoms with Gasteiger partial charge in [0.15, 0.2) is 0 Å². The molecular formula is C23H36O3. The van der Waals surface area contributed by atoms with E-state index < -0.39 is 5.60 Å². The van der Waals surface area contributed by atoms with Crippen molar-refractivity contribution in [3.63, 3.8) is 0 Å². The Balaban J connectivity index is 1.43. The molecule has 3 nitrogen and oxygen atoms in total. The first-order valence-corrected chi connectivity index (χ1v) is 11.2. The molecule has 0 saturated heterocycles. The zero-order chi connectivity index (χ0) is 18.3. The molecule has 0 spiro atoms. The van der Waals surface area contributed by atoms with Crippen molar-refractivity contribution in [3.05, 3.63) is 0 Å². The van der Waals surface area contributed by atoms with Gasteiger partial charge in [0.1, 0.15) is 0 Å². The zero-order valence-electron chi connectivity index (χ0n) is 16.9. The molecule has 6 saturated carbocycles. The topological polar surface area (TPSA) is 49.7 Å². The van der Waals surface area contributed by atoms with Crippen molar-refractivity contribution in [1.29, 1.82) is 0 Å². The molecule has 0 aromatic carbocycles. The van der Waals surface area contributed by atoms with Crippen LogP contribution in [0.15, 0.2) is 0 Å². The van der Waals surface area contributed by atoms with Crippen LogP contribution in [0.5, 0.6) is 0 Å². The maximum absolute atomic E-state index is 11.8. The predicted octanol–water partition coefficient (Wildman–Crippen LogP) is 3.62. The molecule has 12 atom stereocenters. The lowest BCUT2D eigenvalue weighted by Gasteiger charge is -2.64. The van der Waals surface area contributed by atoms with Gasteiger partial charge in [-0.25, -0.2) is 0 Å². The number of fused-ring (bicyclic) bond motifs is 10. The summed E-state index contributed by atoms with van der Waals surface area (Å²) in [5.74, 6) is 4.99. The molecule has 3 heteroatoms. The summed E-state index contributed by atoms with van der Waals surface area (Å²) in [5.41, 5.74) is -0.249.